The summed E-state index contributed by atoms with van der Waals surface area (Å²) in [5.74, 6) is 0.285. The first-order chi connectivity index (χ1) is 11.0. The number of Topliss-reactive ketones (excluding diaryl/α,β-unsaturated/α-hetero) is 1. The van der Waals surface area contributed by atoms with E-state index in [1.807, 2.05) is 13.0 Å². The highest BCUT2D eigenvalue weighted by Crippen LogP contribution is 2.29. The highest BCUT2D eigenvalue weighted by molar-refractivity contribution is 6.07. The lowest BCUT2D eigenvalue weighted by atomic mass is 10.0. The molecule has 0 N–H and O–H groups in total. The second kappa shape index (κ2) is 8.85. The molecule has 6 heteroatoms. The number of fused-ring (bicyclic) bond motifs is 1. The van der Waals surface area contributed by atoms with Crippen molar-refractivity contribution in [3.05, 3.63) is 39.7 Å². The average Bonchev–Trinajstić information content (AvgIpc) is 2.50. The topological polar surface area (TPSA) is 59.8 Å². The number of hydrogen-bond acceptors (Lipinski definition) is 5. The normalized spacial score (nSPS) is 10.7. The first-order valence-corrected chi connectivity index (χ1v) is 7.91. The number of likely N-dealkylation sites (N-methyl/N-ethyl adjacent to an activating group) is 1. The number of rotatable bonds is 7. The lowest BCUT2D eigenvalue weighted by Crippen LogP contribution is -2.28. The highest BCUT2D eigenvalue weighted by atomic mass is 35.5. The van der Waals surface area contributed by atoms with E-state index in [0.29, 0.717) is 23.5 Å². The van der Waals surface area contributed by atoms with E-state index in [4.69, 9.17) is 9.15 Å². The SMILES string of the molecule is CCN(CC)CCOc1ccc2c(C)cc(=O)oc2c1C(C)=O.Cl. The van der Waals surface area contributed by atoms with Gasteiger partial charge in [-0.25, -0.2) is 4.79 Å². The quantitative estimate of drug-likeness (QED) is 0.563. The Kier molecular flexibility index (Phi) is 7.45. The zero-order valence-corrected chi connectivity index (χ0v) is 15.4. The number of halogens is 1. The minimum Gasteiger partial charge on any atom is -0.491 e. The molecule has 0 spiro atoms. The molecule has 132 valence electrons. The number of carbonyl (C=O) groups excluding carboxylic acids is 1. The predicted molar refractivity (Wildman–Crippen MR) is 97.8 cm³/mol. The van der Waals surface area contributed by atoms with Crippen LogP contribution in [0.2, 0.25) is 0 Å². The maximum atomic E-state index is 12.1. The second-order valence-corrected chi connectivity index (χ2v) is 5.50. The van der Waals surface area contributed by atoms with Gasteiger partial charge < -0.3 is 14.1 Å². The number of nitrogens with zero attached hydrogens (tertiary/aromatic N) is 1. The van der Waals surface area contributed by atoms with Crippen LogP contribution in [0.3, 0.4) is 0 Å². The third kappa shape index (κ3) is 4.36. The van der Waals surface area contributed by atoms with E-state index in [9.17, 15) is 9.59 Å². The summed E-state index contributed by atoms with van der Waals surface area (Å²) in [6.07, 6.45) is 0. The molecule has 0 bridgehead atoms. The molecule has 0 aliphatic rings. The van der Waals surface area contributed by atoms with Crippen molar-refractivity contribution in [2.45, 2.75) is 27.7 Å². The minimum absolute atomic E-state index is 0. The molecule has 0 aliphatic heterocycles. The Balaban J connectivity index is 0.00000288. The van der Waals surface area contributed by atoms with Gasteiger partial charge in [0.15, 0.2) is 11.4 Å². The second-order valence-electron chi connectivity index (χ2n) is 5.50. The van der Waals surface area contributed by atoms with Crippen LogP contribution in [0.25, 0.3) is 11.0 Å². The third-order valence-corrected chi connectivity index (χ3v) is 3.99. The summed E-state index contributed by atoms with van der Waals surface area (Å²) >= 11 is 0. The van der Waals surface area contributed by atoms with Crippen LogP contribution in [-0.2, 0) is 0 Å². The number of benzene rings is 1. The van der Waals surface area contributed by atoms with Crippen molar-refractivity contribution in [1.82, 2.24) is 4.90 Å². The molecule has 0 radical (unpaired) electrons. The van der Waals surface area contributed by atoms with Gasteiger partial charge in [0.1, 0.15) is 17.9 Å². The molecule has 24 heavy (non-hydrogen) atoms. The Labute approximate surface area is 148 Å². The van der Waals surface area contributed by atoms with Gasteiger partial charge in [0.2, 0.25) is 0 Å². The maximum absolute atomic E-state index is 12.1. The van der Waals surface area contributed by atoms with Gasteiger partial charge in [-0.2, -0.15) is 0 Å². The summed E-state index contributed by atoms with van der Waals surface area (Å²) in [6, 6.07) is 5.02. The summed E-state index contributed by atoms with van der Waals surface area (Å²) < 4.78 is 11.1. The van der Waals surface area contributed by atoms with E-state index in [1.54, 1.807) is 6.07 Å². The van der Waals surface area contributed by atoms with Crippen molar-refractivity contribution in [3.8, 4) is 5.75 Å². The summed E-state index contributed by atoms with van der Waals surface area (Å²) in [7, 11) is 0. The molecule has 0 atom stereocenters. The number of ketones is 1. The summed E-state index contributed by atoms with van der Waals surface area (Å²) in [4.78, 5) is 25.9. The van der Waals surface area contributed by atoms with Gasteiger partial charge in [0.05, 0.1) is 0 Å². The van der Waals surface area contributed by atoms with Gasteiger partial charge >= 0.3 is 5.63 Å². The minimum atomic E-state index is -0.460. The van der Waals surface area contributed by atoms with Crippen molar-refractivity contribution in [2.75, 3.05) is 26.2 Å². The lowest BCUT2D eigenvalue weighted by Gasteiger charge is -2.19. The largest absolute Gasteiger partial charge is 0.491 e. The van der Waals surface area contributed by atoms with E-state index in [0.717, 1.165) is 30.6 Å². The van der Waals surface area contributed by atoms with E-state index in [-0.39, 0.29) is 18.2 Å². The van der Waals surface area contributed by atoms with E-state index in [1.165, 1.54) is 13.0 Å². The Morgan fingerprint density at radius 3 is 2.50 bits per heavy atom. The molecule has 0 saturated heterocycles. The van der Waals surface area contributed by atoms with Crippen molar-refractivity contribution < 1.29 is 13.9 Å². The van der Waals surface area contributed by atoms with E-state index in [2.05, 4.69) is 18.7 Å². The number of hydrogen-bond donors (Lipinski definition) is 0. The Bertz CT molecular complexity index is 765. The molecule has 5 nitrogen and oxygen atoms in total. The molecular weight excluding hydrogens is 330 g/mol. The van der Waals surface area contributed by atoms with E-state index >= 15 is 0 Å². The van der Waals surface area contributed by atoms with Crippen LogP contribution in [0, 0.1) is 6.92 Å². The number of carbonyl (C=O) groups is 1. The Morgan fingerprint density at radius 2 is 1.92 bits per heavy atom. The molecule has 1 aromatic heterocycles. The summed E-state index contributed by atoms with van der Waals surface area (Å²) in [5, 5.41) is 0.755. The van der Waals surface area contributed by atoms with Gasteiger partial charge in [-0.1, -0.05) is 13.8 Å². The van der Waals surface area contributed by atoms with Crippen LogP contribution < -0.4 is 10.4 Å². The van der Waals surface area contributed by atoms with Crippen LogP contribution in [0.15, 0.2) is 27.4 Å². The Morgan fingerprint density at radius 1 is 1.25 bits per heavy atom. The molecule has 2 rings (SSSR count). The van der Waals surface area contributed by atoms with Crippen LogP contribution in [-0.4, -0.2) is 36.9 Å². The molecule has 0 unspecified atom stereocenters. The molecule has 0 saturated carbocycles. The standard InChI is InChI=1S/C18H23NO4.ClH/c1-5-19(6-2)9-10-22-15-8-7-14-12(3)11-16(21)23-18(14)17(15)13(4)20;/h7-8,11H,5-6,9-10H2,1-4H3;1H. The molecule has 1 heterocycles. The maximum Gasteiger partial charge on any atom is 0.336 e. The number of aryl methyl sites for hydroxylation is 1. The fourth-order valence-corrected chi connectivity index (χ4v) is 2.64. The Hall–Kier alpha value is -1.85. The zero-order valence-electron chi connectivity index (χ0n) is 14.5. The van der Waals surface area contributed by atoms with Crippen LogP contribution in [0.1, 0.15) is 36.7 Å². The van der Waals surface area contributed by atoms with Crippen LogP contribution in [0.4, 0.5) is 0 Å². The fourth-order valence-electron chi connectivity index (χ4n) is 2.64. The predicted octanol–water partition coefficient (Wildman–Crippen LogP) is 3.45. The lowest BCUT2D eigenvalue weighted by molar-refractivity contribution is 0.101. The third-order valence-electron chi connectivity index (χ3n) is 3.99. The average molecular weight is 354 g/mol. The van der Waals surface area contributed by atoms with Crippen molar-refractivity contribution in [2.24, 2.45) is 0 Å². The molecular formula is C18H24ClNO4. The van der Waals surface area contributed by atoms with Crippen molar-refractivity contribution in [3.63, 3.8) is 0 Å². The van der Waals surface area contributed by atoms with Crippen LogP contribution >= 0.6 is 12.4 Å². The van der Waals surface area contributed by atoms with Gasteiger partial charge in [-0.05, 0) is 44.6 Å². The summed E-state index contributed by atoms with van der Waals surface area (Å²) in [6.45, 7) is 10.6. The van der Waals surface area contributed by atoms with Gasteiger partial charge in [-0.15, -0.1) is 12.4 Å². The molecule has 2 aromatic rings. The van der Waals surface area contributed by atoms with Crippen molar-refractivity contribution >= 4 is 29.2 Å². The summed E-state index contributed by atoms with van der Waals surface area (Å²) in [5.41, 5.74) is 0.969. The van der Waals surface area contributed by atoms with Crippen molar-refractivity contribution in [1.29, 1.82) is 0 Å². The molecule has 0 aliphatic carbocycles. The van der Waals surface area contributed by atoms with E-state index < -0.39 is 5.63 Å². The van der Waals surface area contributed by atoms with Gasteiger partial charge in [0, 0.05) is 18.0 Å². The smallest absolute Gasteiger partial charge is 0.336 e. The monoisotopic (exact) mass is 353 g/mol. The first kappa shape index (κ1) is 20.2. The molecule has 0 amide bonds. The molecule has 0 fully saturated rings. The highest BCUT2D eigenvalue weighted by Gasteiger charge is 2.17. The number of ether oxygens (including phenoxy) is 1. The zero-order chi connectivity index (χ0) is 17.0. The van der Waals surface area contributed by atoms with Gasteiger partial charge in [0.25, 0.3) is 0 Å². The fraction of sp³-hybridized carbons (Fsp3) is 0.444. The van der Waals surface area contributed by atoms with Gasteiger partial charge in [-0.3, -0.25) is 4.79 Å². The first-order valence-electron chi connectivity index (χ1n) is 7.91. The molecule has 1 aromatic carbocycles. The van der Waals surface area contributed by atoms with Crippen LogP contribution in [0.5, 0.6) is 5.75 Å².